The van der Waals surface area contributed by atoms with Gasteiger partial charge in [-0.1, -0.05) is 27.2 Å². The molecule has 0 amide bonds. The van der Waals surface area contributed by atoms with E-state index in [1.807, 2.05) is 0 Å². The summed E-state index contributed by atoms with van der Waals surface area (Å²) >= 11 is 0. The predicted molar refractivity (Wildman–Crippen MR) is 76.0 cm³/mol. The summed E-state index contributed by atoms with van der Waals surface area (Å²) in [6.07, 6.45) is 6.11. The summed E-state index contributed by atoms with van der Waals surface area (Å²) in [5, 5.41) is 3.49. The van der Waals surface area contributed by atoms with E-state index in [9.17, 15) is 0 Å². The Bertz CT molecular complexity index is 260. The highest BCUT2D eigenvalue weighted by molar-refractivity contribution is 5.18. The maximum absolute atomic E-state index is 3.49. The second-order valence-electron chi connectivity index (χ2n) is 5.91. The third kappa shape index (κ3) is 3.74. The highest BCUT2D eigenvalue weighted by atomic mass is 15.2. The van der Waals surface area contributed by atoms with Crippen LogP contribution in [0.3, 0.4) is 0 Å². The molecule has 4 unspecified atom stereocenters. The van der Waals surface area contributed by atoms with Gasteiger partial charge < -0.3 is 10.2 Å². The van der Waals surface area contributed by atoms with Crippen LogP contribution in [0, 0.1) is 11.8 Å². The van der Waals surface area contributed by atoms with Gasteiger partial charge in [0, 0.05) is 19.3 Å². The number of nitrogens with one attached hydrogen (secondary N) is 1. The Kier molecular flexibility index (Phi) is 5.51. The van der Waals surface area contributed by atoms with E-state index in [1.54, 1.807) is 5.57 Å². The predicted octanol–water partition coefficient (Wildman–Crippen LogP) is 3.25. The molecule has 0 fully saturated rings. The fourth-order valence-electron chi connectivity index (χ4n) is 2.92. The molecule has 0 radical (unpaired) electrons. The lowest BCUT2D eigenvalue weighted by Crippen LogP contribution is -2.40. The van der Waals surface area contributed by atoms with Crippen molar-refractivity contribution in [3.8, 4) is 0 Å². The van der Waals surface area contributed by atoms with Crippen LogP contribution in [0.25, 0.3) is 0 Å². The summed E-state index contributed by atoms with van der Waals surface area (Å²) in [5.74, 6) is 1.57. The zero-order valence-electron chi connectivity index (χ0n) is 12.5. The van der Waals surface area contributed by atoms with E-state index in [0.717, 1.165) is 11.8 Å². The SMILES string of the molecule is CCC(C)C(CC(C)CC1C(C)=CN1C)NC. The maximum Gasteiger partial charge on any atom is 0.0510 e. The summed E-state index contributed by atoms with van der Waals surface area (Å²) in [6, 6.07) is 1.36. The van der Waals surface area contributed by atoms with Crippen molar-refractivity contribution in [2.45, 2.75) is 59.0 Å². The van der Waals surface area contributed by atoms with Crippen molar-refractivity contribution < 1.29 is 0 Å². The van der Waals surface area contributed by atoms with E-state index in [1.165, 1.54) is 19.3 Å². The molecule has 2 nitrogen and oxygen atoms in total. The molecule has 0 bridgehead atoms. The normalized spacial score (nSPS) is 24.9. The van der Waals surface area contributed by atoms with Crippen LogP contribution in [-0.4, -0.2) is 31.1 Å². The fourth-order valence-corrected chi connectivity index (χ4v) is 2.92. The van der Waals surface area contributed by atoms with E-state index >= 15 is 0 Å². The second-order valence-corrected chi connectivity index (χ2v) is 5.91. The number of hydrogen-bond acceptors (Lipinski definition) is 2. The van der Waals surface area contributed by atoms with Crippen molar-refractivity contribution in [1.29, 1.82) is 0 Å². The van der Waals surface area contributed by atoms with Crippen molar-refractivity contribution in [1.82, 2.24) is 10.2 Å². The second kappa shape index (κ2) is 6.44. The summed E-state index contributed by atoms with van der Waals surface area (Å²) < 4.78 is 0. The van der Waals surface area contributed by atoms with Crippen molar-refractivity contribution in [3.63, 3.8) is 0 Å². The molecule has 0 saturated carbocycles. The van der Waals surface area contributed by atoms with Crippen molar-refractivity contribution in [3.05, 3.63) is 11.8 Å². The minimum absolute atomic E-state index is 0.671. The Labute approximate surface area is 107 Å². The lowest BCUT2D eigenvalue weighted by atomic mass is 9.85. The lowest BCUT2D eigenvalue weighted by Gasteiger charge is -2.39. The van der Waals surface area contributed by atoms with Gasteiger partial charge in [0.15, 0.2) is 0 Å². The van der Waals surface area contributed by atoms with Crippen LogP contribution >= 0.6 is 0 Å². The molecule has 4 atom stereocenters. The van der Waals surface area contributed by atoms with Gasteiger partial charge in [-0.05, 0) is 44.2 Å². The van der Waals surface area contributed by atoms with Crippen molar-refractivity contribution >= 4 is 0 Å². The summed E-state index contributed by atoms with van der Waals surface area (Å²) in [6.45, 7) is 9.29. The van der Waals surface area contributed by atoms with Crippen LogP contribution < -0.4 is 5.32 Å². The molecule has 1 aliphatic heterocycles. The smallest absolute Gasteiger partial charge is 0.0510 e. The van der Waals surface area contributed by atoms with E-state index in [0.29, 0.717) is 12.1 Å². The number of hydrogen-bond donors (Lipinski definition) is 1. The van der Waals surface area contributed by atoms with Gasteiger partial charge in [0.1, 0.15) is 0 Å². The van der Waals surface area contributed by atoms with Gasteiger partial charge in [-0.2, -0.15) is 0 Å². The zero-order valence-corrected chi connectivity index (χ0v) is 12.5. The number of nitrogens with zero attached hydrogens (tertiary/aromatic N) is 1. The first-order valence-electron chi connectivity index (χ1n) is 7.07. The molecule has 0 saturated heterocycles. The van der Waals surface area contributed by atoms with E-state index < -0.39 is 0 Å². The zero-order chi connectivity index (χ0) is 13.0. The Morgan fingerprint density at radius 3 is 2.47 bits per heavy atom. The van der Waals surface area contributed by atoms with E-state index in [-0.39, 0.29) is 0 Å². The van der Waals surface area contributed by atoms with Crippen LogP contribution in [-0.2, 0) is 0 Å². The number of rotatable bonds is 7. The molecule has 1 heterocycles. The average Bonchev–Trinajstić information content (AvgIpc) is 2.32. The molecule has 100 valence electrons. The molecule has 0 aromatic heterocycles. The summed E-state index contributed by atoms with van der Waals surface area (Å²) in [7, 11) is 4.29. The third-order valence-corrected chi connectivity index (χ3v) is 4.41. The van der Waals surface area contributed by atoms with Gasteiger partial charge >= 0.3 is 0 Å². The fraction of sp³-hybridized carbons (Fsp3) is 0.867. The van der Waals surface area contributed by atoms with Crippen LogP contribution in [0.5, 0.6) is 0 Å². The molecular formula is C15H30N2. The van der Waals surface area contributed by atoms with Gasteiger partial charge in [0.05, 0.1) is 6.04 Å². The van der Waals surface area contributed by atoms with E-state index in [2.05, 4.69) is 58.2 Å². The summed E-state index contributed by atoms with van der Waals surface area (Å²) in [5.41, 5.74) is 1.55. The van der Waals surface area contributed by atoms with Gasteiger partial charge in [0.2, 0.25) is 0 Å². The van der Waals surface area contributed by atoms with E-state index in [4.69, 9.17) is 0 Å². The van der Waals surface area contributed by atoms with Crippen molar-refractivity contribution in [2.75, 3.05) is 14.1 Å². The molecule has 0 aromatic rings. The number of likely N-dealkylation sites (N-methyl/N-ethyl adjacent to an activating group) is 1. The lowest BCUT2D eigenvalue weighted by molar-refractivity contribution is 0.237. The van der Waals surface area contributed by atoms with Crippen LogP contribution in [0.1, 0.15) is 47.0 Å². The summed E-state index contributed by atoms with van der Waals surface area (Å²) in [4.78, 5) is 2.35. The first-order valence-corrected chi connectivity index (χ1v) is 7.07. The Balaban J connectivity index is 2.38. The molecule has 1 rings (SSSR count). The van der Waals surface area contributed by atoms with Gasteiger partial charge in [-0.3, -0.25) is 0 Å². The first kappa shape index (κ1) is 14.6. The molecule has 0 spiro atoms. The standard InChI is InChI=1S/C15H30N2/c1-7-12(3)14(16-5)8-11(2)9-15-13(4)10-17(15)6/h10-12,14-16H,7-9H2,1-6H3. The van der Waals surface area contributed by atoms with Gasteiger partial charge in [0.25, 0.3) is 0 Å². The van der Waals surface area contributed by atoms with Crippen LogP contribution in [0.15, 0.2) is 11.8 Å². The highest BCUT2D eigenvalue weighted by Gasteiger charge is 2.26. The molecule has 0 aliphatic carbocycles. The monoisotopic (exact) mass is 238 g/mol. The highest BCUT2D eigenvalue weighted by Crippen LogP contribution is 2.28. The third-order valence-electron chi connectivity index (χ3n) is 4.41. The largest absolute Gasteiger partial charge is 0.374 e. The minimum Gasteiger partial charge on any atom is -0.374 e. The Hall–Kier alpha value is -0.500. The van der Waals surface area contributed by atoms with Gasteiger partial charge in [-0.25, -0.2) is 0 Å². The molecule has 1 N–H and O–H groups in total. The molecule has 0 aromatic carbocycles. The first-order chi connectivity index (χ1) is 7.99. The molecule has 2 heteroatoms. The van der Waals surface area contributed by atoms with Crippen LogP contribution in [0.2, 0.25) is 0 Å². The quantitative estimate of drug-likeness (QED) is 0.732. The topological polar surface area (TPSA) is 15.3 Å². The van der Waals surface area contributed by atoms with Crippen LogP contribution in [0.4, 0.5) is 0 Å². The minimum atomic E-state index is 0.671. The van der Waals surface area contributed by atoms with Gasteiger partial charge in [-0.15, -0.1) is 0 Å². The average molecular weight is 238 g/mol. The molecule has 1 aliphatic rings. The Morgan fingerprint density at radius 1 is 1.41 bits per heavy atom. The van der Waals surface area contributed by atoms with Crippen molar-refractivity contribution in [2.24, 2.45) is 11.8 Å². The maximum atomic E-state index is 3.49. The molecular weight excluding hydrogens is 208 g/mol. The molecule has 17 heavy (non-hydrogen) atoms. The Morgan fingerprint density at radius 2 is 2.06 bits per heavy atom.